The van der Waals surface area contributed by atoms with Crippen molar-refractivity contribution in [3.05, 3.63) is 228 Å². The molecule has 0 aliphatic carbocycles. The number of likely N-dealkylation sites (N-methyl/N-ethyl adjacent to an activating group) is 4. The van der Waals surface area contributed by atoms with E-state index in [1.54, 1.807) is 98.9 Å². The number of carbonyl (C=O) groups is 14. The molecule has 7 aromatic carbocycles. The van der Waals surface area contributed by atoms with Gasteiger partial charge >= 0.3 is 0 Å². The van der Waals surface area contributed by atoms with Gasteiger partial charge in [-0.3, -0.25) is 67.1 Å². The fourth-order valence-corrected chi connectivity index (χ4v) is 15.6. The highest BCUT2D eigenvalue weighted by molar-refractivity contribution is 7.99. The van der Waals surface area contributed by atoms with Crippen molar-refractivity contribution in [2.24, 2.45) is 17.4 Å². The maximum Gasteiger partial charge on any atom is 0.245 e. The Morgan fingerprint density at radius 1 is 0.433 bits per heavy atom. The van der Waals surface area contributed by atoms with Crippen LogP contribution < -0.4 is 59.3 Å². The summed E-state index contributed by atoms with van der Waals surface area (Å²) in [5.74, 6) is -12.7. The number of rotatable bonds is 22. The predicted molar refractivity (Wildman–Crippen MR) is 482 cm³/mol. The van der Waals surface area contributed by atoms with E-state index in [0.717, 1.165) is 37.6 Å². The van der Waals surface area contributed by atoms with Crippen molar-refractivity contribution in [1.82, 2.24) is 72.4 Å². The number of primary amides is 1. The number of aromatic hydroxyl groups is 2. The molecular formula is C94H116N16O16S. The zero-order chi connectivity index (χ0) is 91.8. The number of nitrogens with two attached hydrogens (primary N) is 2. The first kappa shape index (κ1) is 97.4. The van der Waals surface area contributed by atoms with Crippen LogP contribution in [0.2, 0.25) is 0 Å². The number of benzene rings is 7. The number of H-pyrrole nitrogens is 1. The molecule has 0 bridgehead atoms. The Labute approximate surface area is 743 Å². The molecule has 1 aliphatic heterocycles. The summed E-state index contributed by atoms with van der Waals surface area (Å²) < 4.78 is 0. The van der Waals surface area contributed by atoms with E-state index in [0.29, 0.717) is 57.1 Å². The van der Waals surface area contributed by atoms with E-state index < -0.39 is 169 Å². The van der Waals surface area contributed by atoms with Gasteiger partial charge in [0.25, 0.3) is 0 Å². The van der Waals surface area contributed by atoms with Crippen LogP contribution in [-0.4, -0.2) is 244 Å². The molecule has 1 saturated heterocycles. The molecule has 14 amide bonds. The van der Waals surface area contributed by atoms with Crippen molar-refractivity contribution in [3.63, 3.8) is 0 Å². The van der Waals surface area contributed by atoms with Gasteiger partial charge in [-0.25, -0.2) is 0 Å². The highest BCUT2D eigenvalue weighted by atomic mass is 32.2. The molecule has 16 N–H and O–H groups in total. The van der Waals surface area contributed by atoms with Crippen LogP contribution in [-0.2, 0) is 106 Å². The normalized spacial score (nSPS) is 21.4. The van der Waals surface area contributed by atoms with Gasteiger partial charge in [0.15, 0.2) is 0 Å². The van der Waals surface area contributed by atoms with Crippen molar-refractivity contribution in [2.45, 2.75) is 158 Å². The van der Waals surface area contributed by atoms with Gasteiger partial charge in [-0.2, -0.15) is 11.8 Å². The second-order valence-corrected chi connectivity index (χ2v) is 33.3. The summed E-state index contributed by atoms with van der Waals surface area (Å²) in [5, 5.41) is 46.4. The Morgan fingerprint density at radius 2 is 0.874 bits per heavy atom. The summed E-state index contributed by atoms with van der Waals surface area (Å²) >= 11 is 1.12. The number of unbranched alkanes of at least 4 members (excludes halogenated alkanes) is 1. The number of phenolic OH excluding ortho intramolecular Hbond substituents is 2. The van der Waals surface area contributed by atoms with E-state index in [1.807, 2.05) is 67.6 Å². The van der Waals surface area contributed by atoms with E-state index in [-0.39, 0.29) is 93.9 Å². The lowest BCUT2D eigenvalue weighted by Crippen LogP contribution is -2.61. The molecule has 33 heteroatoms. The molecule has 127 heavy (non-hydrogen) atoms. The molecule has 0 radical (unpaired) electrons. The smallest absolute Gasteiger partial charge is 0.245 e. The number of thioether (sulfide) groups is 1. The first-order valence-electron chi connectivity index (χ1n) is 42.5. The first-order chi connectivity index (χ1) is 60.9. The number of hydrogen-bond acceptors (Lipinski definition) is 18. The lowest BCUT2D eigenvalue weighted by molar-refractivity contribution is -0.147. The Kier molecular flexibility index (Phi) is 36.9. The van der Waals surface area contributed by atoms with Gasteiger partial charge in [-0.15, -0.1) is 0 Å². The Bertz CT molecular complexity index is 5090. The van der Waals surface area contributed by atoms with E-state index >= 15 is 33.6 Å². The summed E-state index contributed by atoms with van der Waals surface area (Å²) in [6, 6.07) is 38.7. The fraction of sp³-hybridized carbons (Fsp3) is 0.383. The molecule has 1 aromatic heterocycles. The standard InChI is InChI=1S/C94H116N16O16S/c1-8-9-31-78-93(125)108(5)56-82(115)100-75(53-80(96)113)89(121)106-84(58(2)3)94(126)110(7)79(51-60-24-15-11-16-25-60)90(122)105-76(49-63-36-42-68(112)43-37-63)91(123)107(4)55-81(114)99-74(52-66-54-98-70-29-20-19-28-69(66)70)88(120)103-73(48-62-34-40-67(111)41-35-62)87(119)102-71(30-21-44-95)85(117)97-45-46-127-57-83(116)101-72(47-59-22-13-10-14-23-59)86(118)104-77(92(124)109(78)6)50-61-32-38-65(39-33-61)64-26-17-12-18-27-64/h10-20,22-29,32-43,54,58,71-79,84,98,111-112H,8-9,21,30-31,44-53,55-57,95H2,1-7H3,(H2,96,113)(H,97,117)(H,99,114)(H,100,115)(H,101,116)(H,102,119)(H,103,120)(H,104,118)(H,105,122)(H,106,121)/t71-,72-,73-,74-,75-,76-,77-,78-,79-,84-/m0/s1. The number of para-hydroxylation sites is 1. The monoisotopic (exact) mass is 1760 g/mol. The Hall–Kier alpha value is -13.4. The number of phenols is 2. The highest BCUT2D eigenvalue weighted by Gasteiger charge is 2.41. The van der Waals surface area contributed by atoms with Crippen LogP contribution in [0.4, 0.5) is 0 Å². The average Bonchev–Trinajstić information content (AvgIpc) is 1.81. The molecule has 10 atom stereocenters. The molecule has 8 aromatic rings. The van der Waals surface area contributed by atoms with Crippen molar-refractivity contribution in [3.8, 4) is 22.6 Å². The third-order valence-electron chi connectivity index (χ3n) is 22.0. The van der Waals surface area contributed by atoms with E-state index in [1.165, 1.54) is 81.6 Å². The number of aromatic amines is 1. The largest absolute Gasteiger partial charge is 0.508 e. The molecule has 32 nitrogen and oxygen atoms in total. The molecule has 1 aliphatic rings. The number of amides is 14. The van der Waals surface area contributed by atoms with Gasteiger partial charge in [0, 0.05) is 96.1 Å². The summed E-state index contributed by atoms with van der Waals surface area (Å²) in [7, 11) is 5.32. The quantitative estimate of drug-likeness (QED) is 0.0459. The van der Waals surface area contributed by atoms with Crippen molar-refractivity contribution in [2.75, 3.05) is 65.9 Å². The number of fused-ring (bicyclic) bond motifs is 1. The van der Waals surface area contributed by atoms with Gasteiger partial charge in [-0.1, -0.05) is 191 Å². The molecule has 0 spiro atoms. The van der Waals surface area contributed by atoms with Crippen LogP contribution in [0.25, 0.3) is 22.0 Å². The van der Waals surface area contributed by atoms with Crippen molar-refractivity contribution < 1.29 is 77.3 Å². The van der Waals surface area contributed by atoms with Gasteiger partial charge in [-0.05, 0) is 107 Å². The van der Waals surface area contributed by atoms with Crippen LogP contribution in [0.3, 0.4) is 0 Å². The van der Waals surface area contributed by atoms with Crippen LogP contribution in [0, 0.1) is 5.92 Å². The highest BCUT2D eigenvalue weighted by Crippen LogP contribution is 2.25. The SMILES string of the molecule is CCCC[C@H]1C(=O)N(C)CC(=O)N[C@@H](CC(N)=O)C(=O)N[C@@H](C(C)C)C(=O)N(C)[C@@H](Cc2ccccc2)C(=O)N[C@@H](Cc2ccc(O)cc2)C(=O)N(C)CC(=O)N[C@@H](Cc2c[nH]c3ccccc23)C(=O)N[C@@H](Cc2ccc(O)cc2)C(=O)N[C@@H](CCCN)C(=O)NCCSCC(=O)N[C@@H](Cc2ccccc2)C(=O)N[C@@H](Cc2ccc(-c3ccccc3)cc2)C(=O)N1C. The lowest BCUT2D eigenvalue weighted by atomic mass is 9.98. The van der Waals surface area contributed by atoms with E-state index in [2.05, 4.69) is 52.8 Å². The van der Waals surface area contributed by atoms with E-state index in [4.69, 9.17) is 11.5 Å². The van der Waals surface area contributed by atoms with Gasteiger partial charge < -0.3 is 94.1 Å². The number of hydrogen-bond donors (Lipinski definition) is 14. The molecule has 1 fully saturated rings. The lowest BCUT2D eigenvalue weighted by Gasteiger charge is -2.34. The van der Waals surface area contributed by atoms with Crippen LogP contribution in [0.1, 0.15) is 92.7 Å². The molecule has 0 saturated carbocycles. The minimum absolute atomic E-state index is 0.0321. The van der Waals surface area contributed by atoms with Crippen LogP contribution in [0.15, 0.2) is 194 Å². The number of nitrogens with zero attached hydrogens (tertiary/aromatic N) is 4. The second kappa shape index (κ2) is 48.2. The zero-order valence-electron chi connectivity index (χ0n) is 72.5. The summed E-state index contributed by atoms with van der Waals surface area (Å²) in [6.07, 6.45) is 1.20. The number of aromatic nitrogens is 1. The third kappa shape index (κ3) is 29.3. The van der Waals surface area contributed by atoms with Crippen molar-refractivity contribution in [1.29, 1.82) is 0 Å². The summed E-state index contributed by atoms with van der Waals surface area (Å²) in [4.78, 5) is 215. The van der Waals surface area contributed by atoms with Gasteiger partial charge in [0.2, 0.25) is 82.7 Å². The maximum absolute atomic E-state index is 15.5. The van der Waals surface area contributed by atoms with E-state index in [9.17, 15) is 43.8 Å². The summed E-state index contributed by atoms with van der Waals surface area (Å²) in [6.45, 7) is 3.67. The minimum atomic E-state index is -1.76. The number of carbonyl (C=O) groups excluding carboxylic acids is 14. The second-order valence-electron chi connectivity index (χ2n) is 32.2. The Morgan fingerprint density at radius 3 is 1.43 bits per heavy atom. The maximum atomic E-state index is 15.5. The molecule has 9 rings (SSSR count). The van der Waals surface area contributed by atoms with Crippen LogP contribution >= 0.6 is 11.8 Å². The summed E-state index contributed by atoms with van der Waals surface area (Å²) in [5.41, 5.74) is 17.5. The van der Waals surface area contributed by atoms with Crippen LogP contribution in [0.5, 0.6) is 11.5 Å². The first-order valence-corrected chi connectivity index (χ1v) is 43.6. The molecular weight excluding hydrogens is 1640 g/mol. The zero-order valence-corrected chi connectivity index (χ0v) is 73.3. The third-order valence-corrected chi connectivity index (χ3v) is 23.0. The van der Waals surface area contributed by atoms with Gasteiger partial charge in [0.05, 0.1) is 25.3 Å². The van der Waals surface area contributed by atoms with Gasteiger partial charge in [0.1, 0.15) is 71.9 Å². The van der Waals surface area contributed by atoms with Crippen molar-refractivity contribution >= 4 is 105 Å². The number of nitrogens with one attached hydrogen (secondary N) is 10. The average molecular weight is 1760 g/mol. The molecule has 2 heterocycles. The predicted octanol–water partition coefficient (Wildman–Crippen LogP) is 3.77. The fourth-order valence-electron chi connectivity index (χ4n) is 14.9. The minimum Gasteiger partial charge on any atom is -0.508 e. The Balaban J connectivity index is 1.07. The molecule has 674 valence electrons. The topological polar surface area (TPSA) is 468 Å². The molecule has 0 unspecified atom stereocenters.